The Morgan fingerprint density at radius 3 is 2.93 bits per heavy atom. The van der Waals surface area contributed by atoms with Crippen molar-refractivity contribution in [2.75, 3.05) is 5.32 Å². The van der Waals surface area contributed by atoms with E-state index in [1.807, 2.05) is 23.9 Å². The van der Waals surface area contributed by atoms with Crippen molar-refractivity contribution in [3.63, 3.8) is 0 Å². The third-order valence-electron chi connectivity index (χ3n) is 1.96. The number of anilines is 1. The zero-order valence-corrected chi connectivity index (χ0v) is 7.88. The van der Waals surface area contributed by atoms with Crippen LogP contribution in [-0.4, -0.2) is 19.7 Å². The fraction of sp³-hybridized carbons (Fsp3) is 0.222. The van der Waals surface area contributed by atoms with E-state index in [0.717, 1.165) is 11.5 Å². The Hall–Kier alpha value is -1.91. The van der Waals surface area contributed by atoms with Crippen LogP contribution in [0.4, 0.5) is 5.82 Å². The molecule has 2 heterocycles. The lowest BCUT2D eigenvalue weighted by atomic mass is 10.4. The van der Waals surface area contributed by atoms with Gasteiger partial charge in [-0.2, -0.15) is 5.10 Å². The van der Waals surface area contributed by atoms with E-state index in [4.69, 9.17) is 0 Å². The molecule has 0 spiro atoms. The Morgan fingerprint density at radius 2 is 2.29 bits per heavy atom. The minimum Gasteiger partial charge on any atom is -0.364 e. The summed E-state index contributed by atoms with van der Waals surface area (Å²) < 4.78 is 1.83. The number of aromatic nitrogens is 4. The highest BCUT2D eigenvalue weighted by Gasteiger charge is 1.97. The SMILES string of the molecule is Cn1nccc1CNc1ccncn1. The minimum atomic E-state index is 0.716. The maximum Gasteiger partial charge on any atom is 0.129 e. The summed E-state index contributed by atoms with van der Waals surface area (Å²) in [5.74, 6) is 0.821. The topological polar surface area (TPSA) is 55.6 Å². The Labute approximate surface area is 81.8 Å². The molecular weight excluding hydrogens is 178 g/mol. The first kappa shape index (κ1) is 8.68. The van der Waals surface area contributed by atoms with Crippen LogP contribution in [0.25, 0.3) is 0 Å². The van der Waals surface area contributed by atoms with Gasteiger partial charge < -0.3 is 5.32 Å². The van der Waals surface area contributed by atoms with Gasteiger partial charge in [-0.1, -0.05) is 0 Å². The van der Waals surface area contributed by atoms with Gasteiger partial charge in [0.05, 0.1) is 12.2 Å². The van der Waals surface area contributed by atoms with E-state index in [9.17, 15) is 0 Å². The predicted octanol–water partition coefficient (Wildman–Crippen LogP) is 0.822. The highest BCUT2D eigenvalue weighted by molar-refractivity contribution is 5.32. The second-order valence-corrected chi connectivity index (χ2v) is 2.89. The van der Waals surface area contributed by atoms with Crippen molar-refractivity contribution in [2.45, 2.75) is 6.54 Å². The average Bonchev–Trinajstić information content (AvgIpc) is 2.63. The van der Waals surface area contributed by atoms with E-state index in [0.29, 0.717) is 6.54 Å². The number of aryl methyl sites for hydroxylation is 1. The van der Waals surface area contributed by atoms with Crippen LogP contribution in [0, 0.1) is 0 Å². The molecule has 0 aliphatic heterocycles. The summed E-state index contributed by atoms with van der Waals surface area (Å²) in [6, 6.07) is 3.80. The molecular formula is C9H11N5. The molecule has 5 nitrogen and oxygen atoms in total. The summed E-state index contributed by atoms with van der Waals surface area (Å²) in [5.41, 5.74) is 1.11. The van der Waals surface area contributed by atoms with Gasteiger partial charge in [-0.15, -0.1) is 0 Å². The van der Waals surface area contributed by atoms with Crippen LogP contribution in [-0.2, 0) is 13.6 Å². The lowest BCUT2D eigenvalue weighted by Gasteiger charge is -2.04. The summed E-state index contributed by atoms with van der Waals surface area (Å²) in [6.07, 6.45) is 5.00. The first-order chi connectivity index (χ1) is 6.86. The lowest BCUT2D eigenvalue weighted by molar-refractivity contribution is 0.720. The molecule has 0 fully saturated rings. The van der Waals surface area contributed by atoms with Crippen molar-refractivity contribution < 1.29 is 0 Å². The van der Waals surface area contributed by atoms with E-state index in [2.05, 4.69) is 20.4 Å². The molecule has 14 heavy (non-hydrogen) atoms. The first-order valence-electron chi connectivity index (χ1n) is 4.33. The van der Waals surface area contributed by atoms with E-state index < -0.39 is 0 Å². The lowest BCUT2D eigenvalue weighted by Crippen LogP contribution is -2.06. The van der Waals surface area contributed by atoms with Gasteiger partial charge in [0.1, 0.15) is 12.1 Å². The second-order valence-electron chi connectivity index (χ2n) is 2.89. The van der Waals surface area contributed by atoms with Crippen LogP contribution in [0.5, 0.6) is 0 Å². The highest BCUT2D eigenvalue weighted by Crippen LogP contribution is 2.02. The molecule has 2 aromatic heterocycles. The van der Waals surface area contributed by atoms with Gasteiger partial charge in [0, 0.05) is 19.4 Å². The van der Waals surface area contributed by atoms with Crippen molar-refractivity contribution in [1.82, 2.24) is 19.7 Å². The molecule has 0 bridgehead atoms. The zero-order valence-electron chi connectivity index (χ0n) is 7.88. The maximum absolute atomic E-state index is 4.07. The average molecular weight is 189 g/mol. The van der Waals surface area contributed by atoms with Crippen molar-refractivity contribution in [2.24, 2.45) is 7.05 Å². The second kappa shape index (κ2) is 3.87. The summed E-state index contributed by atoms with van der Waals surface area (Å²) in [4.78, 5) is 7.90. The molecule has 0 aliphatic rings. The number of hydrogen-bond acceptors (Lipinski definition) is 4. The summed E-state index contributed by atoms with van der Waals surface area (Å²) in [6.45, 7) is 0.716. The van der Waals surface area contributed by atoms with Gasteiger partial charge in [0.2, 0.25) is 0 Å². The Morgan fingerprint density at radius 1 is 1.36 bits per heavy atom. The molecule has 0 unspecified atom stereocenters. The maximum atomic E-state index is 4.07. The fourth-order valence-electron chi connectivity index (χ4n) is 1.15. The van der Waals surface area contributed by atoms with Crippen LogP contribution in [0.2, 0.25) is 0 Å². The van der Waals surface area contributed by atoms with Crippen LogP contribution in [0.1, 0.15) is 5.69 Å². The zero-order chi connectivity index (χ0) is 9.80. The first-order valence-corrected chi connectivity index (χ1v) is 4.33. The molecule has 2 rings (SSSR count). The van der Waals surface area contributed by atoms with Gasteiger partial charge >= 0.3 is 0 Å². The van der Waals surface area contributed by atoms with Gasteiger partial charge in [-0.3, -0.25) is 4.68 Å². The fourth-order valence-corrected chi connectivity index (χ4v) is 1.15. The number of nitrogens with one attached hydrogen (secondary N) is 1. The van der Waals surface area contributed by atoms with E-state index in [1.54, 1.807) is 12.4 Å². The quantitative estimate of drug-likeness (QED) is 0.776. The van der Waals surface area contributed by atoms with Crippen molar-refractivity contribution >= 4 is 5.82 Å². The Bertz CT molecular complexity index is 395. The van der Waals surface area contributed by atoms with Crippen molar-refractivity contribution in [3.8, 4) is 0 Å². The molecule has 0 saturated heterocycles. The summed E-state index contributed by atoms with van der Waals surface area (Å²) >= 11 is 0. The molecule has 0 radical (unpaired) electrons. The number of hydrogen-bond donors (Lipinski definition) is 1. The number of rotatable bonds is 3. The summed E-state index contributed by atoms with van der Waals surface area (Å²) in [7, 11) is 1.91. The van der Waals surface area contributed by atoms with Crippen LogP contribution >= 0.6 is 0 Å². The number of nitrogens with zero attached hydrogens (tertiary/aromatic N) is 4. The van der Waals surface area contributed by atoms with Crippen LogP contribution in [0.15, 0.2) is 30.9 Å². The third kappa shape index (κ3) is 1.87. The standard InChI is InChI=1S/C9H11N5/c1-14-8(2-5-13-14)6-11-9-3-4-10-7-12-9/h2-5,7H,6H2,1H3,(H,10,11,12). The van der Waals surface area contributed by atoms with Gasteiger partial charge in [0.15, 0.2) is 0 Å². The molecule has 0 aliphatic carbocycles. The van der Waals surface area contributed by atoms with Crippen molar-refractivity contribution in [1.29, 1.82) is 0 Å². The monoisotopic (exact) mass is 189 g/mol. The van der Waals surface area contributed by atoms with Gasteiger partial charge in [-0.05, 0) is 12.1 Å². The largest absolute Gasteiger partial charge is 0.364 e. The molecule has 0 aromatic carbocycles. The molecule has 0 atom stereocenters. The van der Waals surface area contributed by atoms with Crippen molar-refractivity contribution in [3.05, 3.63) is 36.5 Å². The van der Waals surface area contributed by atoms with Crippen LogP contribution < -0.4 is 5.32 Å². The Kier molecular flexibility index (Phi) is 2.40. The predicted molar refractivity (Wildman–Crippen MR) is 52.6 cm³/mol. The van der Waals surface area contributed by atoms with Gasteiger partial charge in [0.25, 0.3) is 0 Å². The smallest absolute Gasteiger partial charge is 0.129 e. The summed E-state index contributed by atoms with van der Waals surface area (Å²) in [5, 5.41) is 7.25. The highest BCUT2D eigenvalue weighted by atomic mass is 15.3. The normalized spacial score (nSPS) is 10.1. The molecule has 72 valence electrons. The molecule has 1 N–H and O–H groups in total. The van der Waals surface area contributed by atoms with E-state index in [-0.39, 0.29) is 0 Å². The molecule has 0 amide bonds. The molecule has 0 saturated carbocycles. The van der Waals surface area contributed by atoms with Gasteiger partial charge in [-0.25, -0.2) is 9.97 Å². The molecule has 5 heteroatoms. The van der Waals surface area contributed by atoms with Crippen LogP contribution in [0.3, 0.4) is 0 Å². The minimum absolute atomic E-state index is 0.716. The Balaban J connectivity index is 1.99. The van der Waals surface area contributed by atoms with E-state index in [1.165, 1.54) is 6.33 Å². The molecule has 2 aromatic rings. The van der Waals surface area contributed by atoms with E-state index >= 15 is 0 Å². The third-order valence-corrected chi connectivity index (χ3v) is 1.96.